The van der Waals surface area contributed by atoms with E-state index in [1.54, 1.807) is 18.0 Å². The van der Waals surface area contributed by atoms with Gasteiger partial charge in [0.05, 0.1) is 12.0 Å². The summed E-state index contributed by atoms with van der Waals surface area (Å²) in [4.78, 5) is 12.1. The standard InChI is InChI=1S/C25H26N2O2S/c1-19-12-20(2)14-22(13-19)17-30-18-25(28)27-26-15-23-10-6-7-11-24(23)29-16-21-8-4-3-5-9-21/h3-15H,16-18H2,1-2H3,(H,27,28)/b26-15+. The highest BCUT2D eigenvalue weighted by Crippen LogP contribution is 2.18. The van der Waals surface area contributed by atoms with E-state index in [0.29, 0.717) is 12.4 Å². The lowest BCUT2D eigenvalue weighted by Gasteiger charge is -2.09. The molecule has 0 spiro atoms. The second-order valence-electron chi connectivity index (χ2n) is 7.09. The Bertz CT molecular complexity index is 983. The lowest BCUT2D eigenvalue weighted by Crippen LogP contribution is -2.19. The van der Waals surface area contributed by atoms with Gasteiger partial charge in [-0.2, -0.15) is 5.10 Å². The van der Waals surface area contributed by atoms with Crippen molar-refractivity contribution in [2.24, 2.45) is 5.10 Å². The molecule has 0 bridgehead atoms. The van der Waals surface area contributed by atoms with Crippen LogP contribution in [0.3, 0.4) is 0 Å². The summed E-state index contributed by atoms with van der Waals surface area (Å²) in [5, 5.41) is 4.09. The Labute approximate surface area is 182 Å². The van der Waals surface area contributed by atoms with Crippen LogP contribution in [-0.4, -0.2) is 17.9 Å². The number of hydrogen-bond donors (Lipinski definition) is 1. The Balaban J connectivity index is 1.47. The van der Waals surface area contributed by atoms with Crippen molar-refractivity contribution in [2.75, 3.05) is 5.75 Å². The van der Waals surface area contributed by atoms with Crippen molar-refractivity contribution in [3.63, 3.8) is 0 Å². The van der Waals surface area contributed by atoms with Crippen molar-refractivity contribution in [1.29, 1.82) is 0 Å². The maximum atomic E-state index is 12.1. The highest BCUT2D eigenvalue weighted by molar-refractivity contribution is 7.99. The maximum absolute atomic E-state index is 12.1. The van der Waals surface area contributed by atoms with Crippen LogP contribution in [0.4, 0.5) is 0 Å². The zero-order valence-corrected chi connectivity index (χ0v) is 18.1. The summed E-state index contributed by atoms with van der Waals surface area (Å²) in [7, 11) is 0. The molecule has 0 unspecified atom stereocenters. The quantitative estimate of drug-likeness (QED) is 0.381. The van der Waals surface area contributed by atoms with Gasteiger partial charge in [-0.05, 0) is 37.1 Å². The summed E-state index contributed by atoms with van der Waals surface area (Å²) in [6, 6.07) is 24.1. The molecule has 0 aromatic heterocycles. The Morgan fingerprint density at radius 2 is 1.67 bits per heavy atom. The van der Waals surface area contributed by atoms with E-state index in [2.05, 4.69) is 42.6 Å². The van der Waals surface area contributed by atoms with Crippen LogP contribution in [0, 0.1) is 13.8 Å². The van der Waals surface area contributed by atoms with Gasteiger partial charge in [0.15, 0.2) is 0 Å². The van der Waals surface area contributed by atoms with Gasteiger partial charge in [-0.3, -0.25) is 4.79 Å². The van der Waals surface area contributed by atoms with Crippen LogP contribution in [0.2, 0.25) is 0 Å². The summed E-state index contributed by atoms with van der Waals surface area (Å²) < 4.78 is 5.91. The SMILES string of the molecule is Cc1cc(C)cc(CSCC(=O)N/N=C/c2ccccc2OCc2ccccc2)c1. The third-order valence-electron chi connectivity index (χ3n) is 4.33. The molecule has 3 aromatic rings. The largest absolute Gasteiger partial charge is 0.488 e. The van der Waals surface area contributed by atoms with Crippen molar-refractivity contribution in [3.05, 3.63) is 101 Å². The average molecular weight is 419 g/mol. The summed E-state index contributed by atoms with van der Waals surface area (Å²) in [5.41, 5.74) is 8.23. The number of carbonyl (C=O) groups is 1. The molecular weight excluding hydrogens is 392 g/mol. The molecule has 30 heavy (non-hydrogen) atoms. The predicted octanol–water partition coefficient (Wildman–Crippen LogP) is 5.27. The Kier molecular flexibility index (Phi) is 8.10. The van der Waals surface area contributed by atoms with Crippen LogP contribution in [-0.2, 0) is 17.2 Å². The van der Waals surface area contributed by atoms with E-state index in [4.69, 9.17) is 4.74 Å². The molecule has 4 nitrogen and oxygen atoms in total. The minimum absolute atomic E-state index is 0.122. The molecule has 1 N–H and O–H groups in total. The second-order valence-corrected chi connectivity index (χ2v) is 8.08. The number of aryl methyl sites for hydroxylation is 2. The van der Waals surface area contributed by atoms with Gasteiger partial charge in [-0.25, -0.2) is 5.43 Å². The molecule has 3 aromatic carbocycles. The van der Waals surface area contributed by atoms with Crippen molar-refractivity contribution in [1.82, 2.24) is 5.43 Å². The molecule has 0 heterocycles. The van der Waals surface area contributed by atoms with Gasteiger partial charge < -0.3 is 4.74 Å². The summed E-state index contributed by atoms with van der Waals surface area (Å²) in [5.74, 6) is 1.76. The fourth-order valence-corrected chi connectivity index (χ4v) is 3.83. The lowest BCUT2D eigenvalue weighted by molar-refractivity contribution is -0.118. The molecular formula is C25H26N2O2S. The van der Waals surface area contributed by atoms with Gasteiger partial charge in [0.25, 0.3) is 0 Å². The third-order valence-corrected chi connectivity index (χ3v) is 5.34. The molecule has 3 rings (SSSR count). The number of hydrazone groups is 1. The first-order chi connectivity index (χ1) is 14.6. The predicted molar refractivity (Wildman–Crippen MR) is 125 cm³/mol. The molecule has 0 aliphatic rings. The first-order valence-electron chi connectivity index (χ1n) is 9.83. The van der Waals surface area contributed by atoms with E-state index in [9.17, 15) is 4.79 Å². The van der Waals surface area contributed by atoms with E-state index in [1.165, 1.54) is 16.7 Å². The minimum atomic E-state index is -0.122. The van der Waals surface area contributed by atoms with Crippen molar-refractivity contribution < 1.29 is 9.53 Å². The second kappa shape index (κ2) is 11.2. The molecule has 0 radical (unpaired) electrons. The van der Waals surface area contributed by atoms with Crippen molar-refractivity contribution in [2.45, 2.75) is 26.2 Å². The highest BCUT2D eigenvalue weighted by atomic mass is 32.2. The lowest BCUT2D eigenvalue weighted by atomic mass is 10.1. The van der Waals surface area contributed by atoms with Crippen LogP contribution >= 0.6 is 11.8 Å². The zero-order chi connectivity index (χ0) is 21.2. The Morgan fingerprint density at radius 1 is 0.967 bits per heavy atom. The number of ether oxygens (including phenoxy) is 1. The minimum Gasteiger partial charge on any atom is -0.488 e. The molecule has 0 aliphatic carbocycles. The van der Waals surface area contributed by atoms with Gasteiger partial charge in [0.2, 0.25) is 5.91 Å². The number of para-hydroxylation sites is 1. The van der Waals surface area contributed by atoms with Gasteiger partial charge in [0, 0.05) is 11.3 Å². The number of amides is 1. The molecule has 0 saturated heterocycles. The first kappa shape index (κ1) is 21.7. The molecule has 154 valence electrons. The number of nitrogens with zero attached hydrogens (tertiary/aromatic N) is 1. The van der Waals surface area contributed by atoms with Gasteiger partial charge in [-0.15, -0.1) is 11.8 Å². The van der Waals surface area contributed by atoms with Gasteiger partial charge in [0.1, 0.15) is 12.4 Å². The molecule has 1 amide bonds. The van der Waals surface area contributed by atoms with Crippen LogP contribution < -0.4 is 10.2 Å². The fraction of sp³-hybridized carbons (Fsp3) is 0.200. The van der Waals surface area contributed by atoms with Crippen molar-refractivity contribution >= 4 is 23.9 Å². The van der Waals surface area contributed by atoms with Gasteiger partial charge in [-0.1, -0.05) is 71.8 Å². The number of hydrogen-bond acceptors (Lipinski definition) is 4. The fourth-order valence-electron chi connectivity index (χ4n) is 3.07. The van der Waals surface area contributed by atoms with E-state index in [0.717, 1.165) is 22.6 Å². The molecule has 0 aliphatic heterocycles. The highest BCUT2D eigenvalue weighted by Gasteiger charge is 2.04. The topological polar surface area (TPSA) is 50.7 Å². The Hall–Kier alpha value is -3.05. The Morgan fingerprint density at radius 3 is 2.43 bits per heavy atom. The van der Waals surface area contributed by atoms with Crippen LogP contribution in [0.15, 0.2) is 77.9 Å². The summed E-state index contributed by atoms with van der Waals surface area (Å²) in [6.07, 6.45) is 1.62. The number of benzene rings is 3. The molecule has 0 saturated carbocycles. The normalized spacial score (nSPS) is 10.9. The van der Waals surface area contributed by atoms with Gasteiger partial charge >= 0.3 is 0 Å². The zero-order valence-electron chi connectivity index (χ0n) is 17.3. The number of nitrogens with one attached hydrogen (secondary N) is 1. The van der Waals surface area contributed by atoms with E-state index in [-0.39, 0.29) is 5.91 Å². The maximum Gasteiger partial charge on any atom is 0.250 e. The molecule has 5 heteroatoms. The van der Waals surface area contributed by atoms with Crippen LogP contribution in [0.5, 0.6) is 5.75 Å². The van der Waals surface area contributed by atoms with E-state index in [1.807, 2.05) is 54.6 Å². The monoisotopic (exact) mass is 418 g/mol. The van der Waals surface area contributed by atoms with Crippen LogP contribution in [0.1, 0.15) is 27.8 Å². The summed E-state index contributed by atoms with van der Waals surface area (Å²) >= 11 is 1.58. The van der Waals surface area contributed by atoms with E-state index < -0.39 is 0 Å². The molecule has 0 fully saturated rings. The van der Waals surface area contributed by atoms with Crippen molar-refractivity contribution in [3.8, 4) is 5.75 Å². The number of thioether (sulfide) groups is 1. The first-order valence-corrected chi connectivity index (χ1v) is 11.0. The number of rotatable bonds is 9. The van der Waals surface area contributed by atoms with Crippen LogP contribution in [0.25, 0.3) is 0 Å². The number of carbonyl (C=O) groups excluding carboxylic acids is 1. The average Bonchev–Trinajstić information content (AvgIpc) is 2.73. The third kappa shape index (κ3) is 7.08. The van der Waals surface area contributed by atoms with E-state index >= 15 is 0 Å². The smallest absolute Gasteiger partial charge is 0.250 e. The summed E-state index contributed by atoms with van der Waals surface area (Å²) in [6.45, 7) is 4.65. The molecule has 0 atom stereocenters.